The second kappa shape index (κ2) is 3.17. The van der Waals surface area contributed by atoms with E-state index in [1.54, 1.807) is 0 Å². The highest BCUT2D eigenvalue weighted by molar-refractivity contribution is 6.30. The van der Waals surface area contributed by atoms with Crippen LogP contribution in [-0.4, -0.2) is 6.54 Å². The maximum absolute atomic E-state index is 13.1. The number of hydrogen-bond acceptors (Lipinski definition) is 1. The van der Waals surface area contributed by atoms with Gasteiger partial charge in [0.15, 0.2) is 0 Å². The molecule has 1 aromatic carbocycles. The fourth-order valence-electron chi connectivity index (χ4n) is 1.62. The molecule has 0 radical (unpaired) electrons. The molecule has 14 heavy (non-hydrogen) atoms. The van der Waals surface area contributed by atoms with Crippen LogP contribution in [0.2, 0.25) is 5.02 Å². The van der Waals surface area contributed by atoms with Crippen molar-refractivity contribution in [3.63, 3.8) is 0 Å². The van der Waals surface area contributed by atoms with Crippen LogP contribution >= 0.6 is 11.6 Å². The summed E-state index contributed by atoms with van der Waals surface area (Å²) >= 11 is 5.38. The predicted molar refractivity (Wildman–Crippen MR) is 51.3 cm³/mol. The van der Waals surface area contributed by atoms with E-state index in [1.165, 1.54) is 12.1 Å². The number of nitrogens with two attached hydrogens (primary N) is 1. The summed E-state index contributed by atoms with van der Waals surface area (Å²) in [6, 6.07) is 2.57. The van der Waals surface area contributed by atoms with Crippen LogP contribution in [0.3, 0.4) is 0 Å². The molecule has 0 saturated heterocycles. The van der Waals surface area contributed by atoms with Gasteiger partial charge in [0.1, 0.15) is 16.7 Å². The van der Waals surface area contributed by atoms with E-state index in [1.807, 2.05) is 0 Å². The molecule has 1 aliphatic carbocycles. The summed E-state index contributed by atoms with van der Waals surface area (Å²) in [4.78, 5) is 0. The highest BCUT2D eigenvalue weighted by Crippen LogP contribution is 2.47. The molecule has 2 rings (SSSR count). The molecule has 4 heteroatoms. The summed E-state index contributed by atoms with van der Waals surface area (Å²) in [5.41, 5.74) is 5.98. The number of hydrogen-bond donors (Lipinski definition) is 1. The quantitative estimate of drug-likeness (QED) is 0.758. The van der Waals surface area contributed by atoms with Gasteiger partial charge in [-0.15, -0.1) is 0 Å². The van der Waals surface area contributed by atoms with Gasteiger partial charge >= 0.3 is 0 Å². The van der Waals surface area contributed by atoms with Gasteiger partial charge in [0, 0.05) is 12.0 Å². The van der Waals surface area contributed by atoms with E-state index in [0.29, 0.717) is 12.1 Å². The van der Waals surface area contributed by atoms with E-state index in [2.05, 4.69) is 0 Å². The zero-order valence-corrected chi connectivity index (χ0v) is 8.24. The van der Waals surface area contributed by atoms with Crippen LogP contribution in [0.25, 0.3) is 0 Å². The largest absolute Gasteiger partial charge is 0.330 e. The molecule has 1 fully saturated rings. The number of halogens is 3. The van der Waals surface area contributed by atoms with Crippen molar-refractivity contribution in [2.24, 2.45) is 5.73 Å². The van der Waals surface area contributed by atoms with Crippen molar-refractivity contribution in [3.05, 3.63) is 34.4 Å². The highest BCUT2D eigenvalue weighted by Gasteiger charge is 2.43. The van der Waals surface area contributed by atoms with Gasteiger partial charge in [-0.2, -0.15) is 0 Å². The Morgan fingerprint density at radius 1 is 1.29 bits per heavy atom. The molecular weight excluding hydrogens is 208 g/mol. The third kappa shape index (κ3) is 1.41. The lowest BCUT2D eigenvalue weighted by atomic mass is 9.96. The molecule has 0 atom stereocenters. The Kier molecular flexibility index (Phi) is 2.24. The van der Waals surface area contributed by atoms with E-state index in [9.17, 15) is 8.78 Å². The monoisotopic (exact) mass is 217 g/mol. The maximum atomic E-state index is 13.1. The Morgan fingerprint density at radius 3 is 2.14 bits per heavy atom. The lowest BCUT2D eigenvalue weighted by molar-refractivity contribution is 0.571. The highest BCUT2D eigenvalue weighted by atomic mass is 35.5. The minimum atomic E-state index is -0.707. The van der Waals surface area contributed by atoms with Crippen molar-refractivity contribution >= 4 is 11.6 Å². The molecule has 0 amide bonds. The Labute approximate surface area is 85.9 Å². The molecule has 2 N–H and O–H groups in total. The van der Waals surface area contributed by atoms with E-state index in [-0.39, 0.29) is 5.41 Å². The molecule has 0 aromatic heterocycles. The Bertz CT molecular complexity index is 351. The topological polar surface area (TPSA) is 26.0 Å². The molecule has 0 aliphatic heterocycles. The lowest BCUT2D eigenvalue weighted by Crippen LogP contribution is -2.20. The lowest BCUT2D eigenvalue weighted by Gasteiger charge is -2.13. The first kappa shape index (κ1) is 9.87. The molecule has 0 unspecified atom stereocenters. The van der Waals surface area contributed by atoms with Crippen molar-refractivity contribution in [2.75, 3.05) is 6.54 Å². The summed E-state index contributed by atoms with van der Waals surface area (Å²) in [5, 5.41) is -0.443. The van der Waals surface area contributed by atoms with Crippen molar-refractivity contribution in [1.29, 1.82) is 0 Å². The van der Waals surface area contributed by atoms with E-state index in [0.717, 1.165) is 12.8 Å². The van der Waals surface area contributed by atoms with Crippen LogP contribution < -0.4 is 5.73 Å². The summed E-state index contributed by atoms with van der Waals surface area (Å²) in [6.45, 7) is 0.424. The first-order valence-electron chi connectivity index (χ1n) is 4.44. The van der Waals surface area contributed by atoms with Gasteiger partial charge in [-0.3, -0.25) is 0 Å². The fraction of sp³-hybridized carbons (Fsp3) is 0.400. The fourth-order valence-corrected chi connectivity index (χ4v) is 1.73. The summed E-state index contributed by atoms with van der Waals surface area (Å²) in [6.07, 6.45) is 1.79. The van der Waals surface area contributed by atoms with E-state index < -0.39 is 16.7 Å². The van der Waals surface area contributed by atoms with Gasteiger partial charge in [-0.1, -0.05) is 11.6 Å². The zero-order valence-electron chi connectivity index (χ0n) is 7.49. The molecule has 1 aliphatic rings. The Hall–Kier alpha value is -0.670. The van der Waals surface area contributed by atoms with Gasteiger partial charge in [0.25, 0.3) is 0 Å². The minimum absolute atomic E-state index is 0.202. The van der Waals surface area contributed by atoms with Crippen LogP contribution in [0.4, 0.5) is 8.78 Å². The molecule has 0 heterocycles. The normalized spacial score (nSPS) is 18.3. The second-order valence-corrected chi connectivity index (χ2v) is 4.12. The van der Waals surface area contributed by atoms with Gasteiger partial charge in [0.05, 0.1) is 0 Å². The minimum Gasteiger partial charge on any atom is -0.330 e. The summed E-state index contributed by atoms with van der Waals surface area (Å²) in [5.74, 6) is -1.41. The van der Waals surface area contributed by atoms with Crippen LogP contribution in [-0.2, 0) is 5.41 Å². The van der Waals surface area contributed by atoms with Crippen molar-refractivity contribution in [1.82, 2.24) is 0 Å². The van der Waals surface area contributed by atoms with Gasteiger partial charge in [-0.25, -0.2) is 8.78 Å². The average molecular weight is 218 g/mol. The third-order valence-electron chi connectivity index (χ3n) is 2.84. The molecule has 1 saturated carbocycles. The number of benzene rings is 1. The third-order valence-corrected chi connectivity index (χ3v) is 3.20. The van der Waals surface area contributed by atoms with Gasteiger partial charge < -0.3 is 5.73 Å². The van der Waals surface area contributed by atoms with E-state index >= 15 is 0 Å². The van der Waals surface area contributed by atoms with Crippen molar-refractivity contribution < 1.29 is 8.78 Å². The zero-order chi connectivity index (χ0) is 10.3. The summed E-state index contributed by atoms with van der Waals surface area (Å²) < 4.78 is 26.2. The standard InChI is InChI=1S/C10H10ClF2N/c11-9-7(12)3-6(4-8(9)13)10(5-14)1-2-10/h3-4H,1-2,5,14H2. The summed E-state index contributed by atoms with van der Waals surface area (Å²) in [7, 11) is 0. The first-order chi connectivity index (χ1) is 6.59. The van der Waals surface area contributed by atoms with Gasteiger partial charge in [-0.05, 0) is 30.5 Å². The molecule has 1 aromatic rings. The Balaban J connectivity index is 2.46. The molecule has 0 spiro atoms. The number of rotatable bonds is 2. The molecule has 1 nitrogen and oxygen atoms in total. The molecular formula is C10H10ClF2N. The van der Waals surface area contributed by atoms with Crippen molar-refractivity contribution in [3.8, 4) is 0 Å². The maximum Gasteiger partial charge on any atom is 0.145 e. The van der Waals surface area contributed by atoms with Crippen LogP contribution in [0.15, 0.2) is 12.1 Å². The molecule has 76 valence electrons. The van der Waals surface area contributed by atoms with Crippen molar-refractivity contribution in [2.45, 2.75) is 18.3 Å². The Morgan fingerprint density at radius 2 is 1.79 bits per heavy atom. The van der Waals surface area contributed by atoms with Crippen LogP contribution in [0.5, 0.6) is 0 Å². The van der Waals surface area contributed by atoms with Crippen LogP contribution in [0.1, 0.15) is 18.4 Å². The smallest absolute Gasteiger partial charge is 0.145 e. The van der Waals surface area contributed by atoms with Gasteiger partial charge in [0.2, 0.25) is 0 Å². The van der Waals surface area contributed by atoms with Crippen LogP contribution in [0, 0.1) is 11.6 Å². The predicted octanol–water partition coefficient (Wildman–Crippen LogP) is 2.61. The second-order valence-electron chi connectivity index (χ2n) is 3.74. The SMILES string of the molecule is NCC1(c2cc(F)c(Cl)c(F)c2)CC1. The van der Waals surface area contributed by atoms with E-state index in [4.69, 9.17) is 17.3 Å². The molecule has 0 bridgehead atoms. The first-order valence-corrected chi connectivity index (χ1v) is 4.82. The average Bonchev–Trinajstić information content (AvgIpc) is 2.94.